The van der Waals surface area contributed by atoms with Crippen molar-refractivity contribution in [2.24, 2.45) is 0 Å². The van der Waals surface area contributed by atoms with Gasteiger partial charge in [0.1, 0.15) is 0 Å². The number of fused-ring (bicyclic) bond motifs is 1. The zero-order chi connectivity index (χ0) is 23.3. The molecule has 7 nitrogen and oxygen atoms in total. The maximum absolute atomic E-state index is 12.6. The van der Waals surface area contributed by atoms with Crippen molar-refractivity contribution in [3.63, 3.8) is 0 Å². The van der Waals surface area contributed by atoms with Gasteiger partial charge in [-0.15, -0.1) is 10.2 Å². The summed E-state index contributed by atoms with van der Waals surface area (Å²) in [4.78, 5) is 16.6. The van der Waals surface area contributed by atoms with Gasteiger partial charge in [-0.1, -0.05) is 48.5 Å². The molecule has 1 aliphatic heterocycles. The molecule has 0 bridgehead atoms. The van der Waals surface area contributed by atoms with Crippen LogP contribution in [0.15, 0.2) is 78.9 Å². The molecule has 0 spiro atoms. The van der Waals surface area contributed by atoms with Gasteiger partial charge in [-0.25, -0.2) is 0 Å². The van der Waals surface area contributed by atoms with Crippen LogP contribution in [0.4, 0.5) is 5.82 Å². The number of methoxy groups -OCH3 is 1. The molecule has 5 rings (SSSR count). The van der Waals surface area contributed by atoms with Gasteiger partial charge in [-0.2, -0.15) is 0 Å². The highest BCUT2D eigenvalue weighted by Gasteiger charge is 2.23. The molecule has 1 aliphatic rings. The van der Waals surface area contributed by atoms with Crippen molar-refractivity contribution in [1.82, 2.24) is 15.1 Å². The number of hydrogen-bond donors (Lipinski definition) is 0. The lowest BCUT2D eigenvalue weighted by Gasteiger charge is -2.35. The van der Waals surface area contributed by atoms with E-state index in [1.54, 1.807) is 13.2 Å². The molecule has 0 N–H and O–H groups in total. The maximum Gasteiger partial charge on any atom is 0.260 e. The van der Waals surface area contributed by atoms with Crippen LogP contribution in [-0.2, 0) is 4.79 Å². The lowest BCUT2D eigenvalue weighted by molar-refractivity contribution is -0.133. The van der Waals surface area contributed by atoms with E-state index in [2.05, 4.69) is 45.4 Å². The molecule has 2 heterocycles. The number of carbonyl (C=O) groups is 1. The van der Waals surface area contributed by atoms with Crippen molar-refractivity contribution in [3.8, 4) is 22.8 Å². The van der Waals surface area contributed by atoms with E-state index in [1.807, 2.05) is 47.4 Å². The van der Waals surface area contributed by atoms with E-state index in [1.165, 1.54) is 10.8 Å². The van der Waals surface area contributed by atoms with E-state index in [4.69, 9.17) is 9.47 Å². The minimum absolute atomic E-state index is 0.0133. The van der Waals surface area contributed by atoms with Crippen LogP contribution in [0.5, 0.6) is 11.5 Å². The first kappa shape index (κ1) is 21.7. The number of piperazine rings is 1. The summed E-state index contributed by atoms with van der Waals surface area (Å²) in [5.74, 6) is 1.97. The first-order valence-corrected chi connectivity index (χ1v) is 11.3. The van der Waals surface area contributed by atoms with Gasteiger partial charge in [0.15, 0.2) is 23.9 Å². The molecule has 7 heteroatoms. The molecule has 1 fully saturated rings. The van der Waals surface area contributed by atoms with Gasteiger partial charge in [0, 0.05) is 31.7 Å². The molecule has 1 amide bonds. The second-order valence-electron chi connectivity index (χ2n) is 8.15. The maximum atomic E-state index is 12.6. The number of carbonyl (C=O) groups excluding carboxylic acids is 1. The van der Waals surface area contributed by atoms with E-state index >= 15 is 0 Å². The third-order valence-electron chi connectivity index (χ3n) is 6.07. The summed E-state index contributed by atoms with van der Waals surface area (Å²) in [7, 11) is 1.58. The monoisotopic (exact) mass is 454 g/mol. The Kier molecular flexibility index (Phi) is 6.25. The number of amides is 1. The van der Waals surface area contributed by atoms with Crippen molar-refractivity contribution in [1.29, 1.82) is 0 Å². The number of benzene rings is 3. The van der Waals surface area contributed by atoms with Crippen LogP contribution in [0.3, 0.4) is 0 Å². The molecule has 1 aromatic heterocycles. The minimum atomic E-state index is -0.0386. The number of aromatic nitrogens is 2. The number of hydrogen-bond acceptors (Lipinski definition) is 6. The van der Waals surface area contributed by atoms with Crippen LogP contribution in [-0.4, -0.2) is 60.9 Å². The molecule has 0 unspecified atom stereocenters. The Labute approximate surface area is 198 Å². The van der Waals surface area contributed by atoms with Crippen molar-refractivity contribution in [2.75, 3.05) is 44.8 Å². The molecule has 4 aromatic rings. The Bertz CT molecular complexity index is 1280. The van der Waals surface area contributed by atoms with E-state index in [0.717, 1.165) is 17.1 Å². The first-order valence-electron chi connectivity index (χ1n) is 11.3. The second-order valence-corrected chi connectivity index (χ2v) is 8.15. The predicted octanol–water partition coefficient (Wildman–Crippen LogP) is 4.03. The molecule has 0 saturated carbocycles. The Balaban J connectivity index is 1.17. The summed E-state index contributed by atoms with van der Waals surface area (Å²) in [6.45, 7) is 2.61. The molecule has 0 aliphatic carbocycles. The highest BCUT2D eigenvalue weighted by atomic mass is 16.5. The lowest BCUT2D eigenvalue weighted by Crippen LogP contribution is -2.50. The second kappa shape index (κ2) is 9.79. The largest absolute Gasteiger partial charge is 0.493 e. The summed E-state index contributed by atoms with van der Waals surface area (Å²) in [5.41, 5.74) is 1.89. The van der Waals surface area contributed by atoms with Crippen LogP contribution >= 0.6 is 0 Å². The van der Waals surface area contributed by atoms with Gasteiger partial charge in [0.25, 0.3) is 5.91 Å². The Morgan fingerprint density at radius 2 is 1.56 bits per heavy atom. The van der Waals surface area contributed by atoms with Crippen LogP contribution in [0.2, 0.25) is 0 Å². The molecule has 0 radical (unpaired) electrons. The van der Waals surface area contributed by atoms with Gasteiger partial charge in [0.2, 0.25) is 0 Å². The summed E-state index contributed by atoms with van der Waals surface area (Å²) < 4.78 is 11.0. The lowest BCUT2D eigenvalue weighted by atomic mass is 10.1. The number of para-hydroxylation sites is 2. The van der Waals surface area contributed by atoms with Crippen molar-refractivity contribution in [2.45, 2.75) is 0 Å². The highest BCUT2D eigenvalue weighted by Crippen LogP contribution is 2.26. The van der Waals surface area contributed by atoms with Crippen LogP contribution in [0, 0.1) is 0 Å². The van der Waals surface area contributed by atoms with Crippen molar-refractivity contribution < 1.29 is 14.3 Å². The molecule has 172 valence electrons. The van der Waals surface area contributed by atoms with Gasteiger partial charge in [-0.3, -0.25) is 4.79 Å². The summed E-state index contributed by atoms with van der Waals surface area (Å²) >= 11 is 0. The zero-order valence-corrected chi connectivity index (χ0v) is 19.1. The van der Waals surface area contributed by atoms with E-state index in [9.17, 15) is 4.79 Å². The fourth-order valence-corrected chi connectivity index (χ4v) is 4.15. The Hall–Kier alpha value is -4.13. The zero-order valence-electron chi connectivity index (χ0n) is 19.1. The minimum Gasteiger partial charge on any atom is -0.493 e. The van der Waals surface area contributed by atoms with Crippen molar-refractivity contribution in [3.05, 3.63) is 78.9 Å². The Morgan fingerprint density at radius 3 is 2.29 bits per heavy atom. The number of ether oxygens (including phenoxy) is 2. The molecular weight excluding hydrogens is 428 g/mol. The summed E-state index contributed by atoms with van der Waals surface area (Å²) in [5, 5.41) is 11.3. The van der Waals surface area contributed by atoms with Crippen molar-refractivity contribution >= 4 is 22.5 Å². The van der Waals surface area contributed by atoms with Crippen LogP contribution < -0.4 is 14.4 Å². The van der Waals surface area contributed by atoms with Gasteiger partial charge < -0.3 is 19.3 Å². The third-order valence-corrected chi connectivity index (χ3v) is 6.07. The molecular formula is C27H26N4O3. The number of nitrogens with zero attached hydrogens (tertiary/aromatic N) is 4. The van der Waals surface area contributed by atoms with E-state index < -0.39 is 0 Å². The average Bonchev–Trinajstić information content (AvgIpc) is 2.92. The SMILES string of the molecule is COc1ccccc1OCC(=O)N1CCN(c2ccc(-c3ccc4ccccc4c3)nn2)CC1. The summed E-state index contributed by atoms with van der Waals surface area (Å²) in [6, 6.07) is 25.9. The Morgan fingerprint density at radius 1 is 0.824 bits per heavy atom. The first-order chi connectivity index (χ1) is 16.7. The van der Waals surface area contributed by atoms with E-state index in [-0.39, 0.29) is 12.5 Å². The number of rotatable bonds is 6. The fraction of sp³-hybridized carbons (Fsp3) is 0.222. The molecule has 1 saturated heterocycles. The third kappa shape index (κ3) is 4.64. The fourth-order valence-electron chi connectivity index (χ4n) is 4.15. The predicted molar refractivity (Wildman–Crippen MR) is 132 cm³/mol. The smallest absolute Gasteiger partial charge is 0.260 e. The van der Waals surface area contributed by atoms with Crippen LogP contribution in [0.1, 0.15) is 0 Å². The molecule has 34 heavy (non-hydrogen) atoms. The quantitative estimate of drug-likeness (QED) is 0.438. The highest BCUT2D eigenvalue weighted by molar-refractivity contribution is 5.86. The van der Waals surface area contributed by atoms with Crippen LogP contribution in [0.25, 0.3) is 22.0 Å². The standard InChI is InChI=1S/C27H26N4O3/c1-33-24-8-4-5-9-25(24)34-19-27(32)31-16-14-30(15-17-31)26-13-12-23(28-29-26)22-11-10-20-6-2-3-7-21(20)18-22/h2-13,18H,14-17,19H2,1H3. The molecule has 0 atom stereocenters. The topological polar surface area (TPSA) is 67.8 Å². The summed E-state index contributed by atoms with van der Waals surface area (Å²) in [6.07, 6.45) is 0. The van der Waals surface area contributed by atoms with Gasteiger partial charge >= 0.3 is 0 Å². The van der Waals surface area contributed by atoms with E-state index in [0.29, 0.717) is 37.7 Å². The van der Waals surface area contributed by atoms with Gasteiger partial charge in [0.05, 0.1) is 12.8 Å². The number of anilines is 1. The van der Waals surface area contributed by atoms with Gasteiger partial charge in [-0.05, 0) is 41.1 Å². The normalized spacial score (nSPS) is 13.7. The molecule has 3 aromatic carbocycles. The average molecular weight is 455 g/mol.